The lowest BCUT2D eigenvalue weighted by Crippen LogP contribution is -2.52. The van der Waals surface area contributed by atoms with Gasteiger partial charge >= 0.3 is 0 Å². The highest BCUT2D eigenvalue weighted by molar-refractivity contribution is 5.78. The number of amides is 1. The van der Waals surface area contributed by atoms with Gasteiger partial charge in [-0.3, -0.25) is 14.9 Å². The molecule has 0 atom stereocenters. The average Bonchev–Trinajstić information content (AvgIpc) is 2.94. The van der Waals surface area contributed by atoms with Gasteiger partial charge in [0, 0.05) is 18.7 Å². The van der Waals surface area contributed by atoms with Crippen LogP contribution in [0.25, 0.3) is 0 Å². The van der Waals surface area contributed by atoms with E-state index in [-0.39, 0.29) is 23.7 Å². The number of nitrogens with zero attached hydrogens (tertiary/aromatic N) is 1. The SMILES string of the molecule is NCC1(NC(=O)COc2ccc([N+](=O)[O-])cc2)CCCC1. The third-order valence-electron chi connectivity index (χ3n) is 3.77. The molecule has 0 spiro atoms. The molecule has 21 heavy (non-hydrogen) atoms. The van der Waals surface area contributed by atoms with Crippen molar-refractivity contribution in [3.05, 3.63) is 34.4 Å². The van der Waals surface area contributed by atoms with Crippen molar-refractivity contribution >= 4 is 11.6 Å². The van der Waals surface area contributed by atoms with Gasteiger partial charge in [0.1, 0.15) is 5.75 Å². The Morgan fingerprint density at radius 2 is 1.95 bits per heavy atom. The molecule has 0 heterocycles. The number of non-ortho nitro benzene ring substituents is 1. The summed E-state index contributed by atoms with van der Waals surface area (Å²) >= 11 is 0. The molecule has 1 aromatic carbocycles. The van der Waals surface area contributed by atoms with Crippen LogP contribution in [-0.2, 0) is 4.79 Å². The fourth-order valence-corrected chi connectivity index (χ4v) is 2.58. The van der Waals surface area contributed by atoms with Crippen LogP contribution in [0, 0.1) is 10.1 Å². The summed E-state index contributed by atoms with van der Waals surface area (Å²) in [5, 5.41) is 13.5. The number of hydrogen-bond acceptors (Lipinski definition) is 5. The predicted octanol–water partition coefficient (Wildman–Crippen LogP) is 1.36. The minimum atomic E-state index is -0.485. The first-order valence-electron chi connectivity index (χ1n) is 6.93. The second-order valence-corrected chi connectivity index (χ2v) is 5.28. The first-order valence-corrected chi connectivity index (χ1v) is 6.93. The number of carbonyl (C=O) groups is 1. The summed E-state index contributed by atoms with van der Waals surface area (Å²) in [6.07, 6.45) is 3.93. The summed E-state index contributed by atoms with van der Waals surface area (Å²) < 4.78 is 5.33. The lowest BCUT2D eigenvalue weighted by Gasteiger charge is -2.28. The second kappa shape index (κ2) is 6.53. The Hall–Kier alpha value is -2.15. The van der Waals surface area contributed by atoms with Gasteiger partial charge < -0.3 is 15.8 Å². The van der Waals surface area contributed by atoms with Gasteiger partial charge in [0.05, 0.1) is 10.5 Å². The quantitative estimate of drug-likeness (QED) is 0.608. The number of nitrogens with two attached hydrogens (primary N) is 1. The minimum Gasteiger partial charge on any atom is -0.484 e. The molecule has 0 aromatic heterocycles. The van der Waals surface area contributed by atoms with Gasteiger partial charge in [0.2, 0.25) is 0 Å². The Kier molecular flexibility index (Phi) is 4.74. The van der Waals surface area contributed by atoms with Crippen molar-refractivity contribution in [1.29, 1.82) is 0 Å². The molecule has 0 radical (unpaired) electrons. The van der Waals surface area contributed by atoms with Crippen molar-refractivity contribution < 1.29 is 14.5 Å². The van der Waals surface area contributed by atoms with Gasteiger partial charge in [-0.15, -0.1) is 0 Å². The molecule has 1 fully saturated rings. The van der Waals surface area contributed by atoms with Gasteiger partial charge in [0.15, 0.2) is 6.61 Å². The smallest absolute Gasteiger partial charge is 0.269 e. The van der Waals surface area contributed by atoms with Gasteiger partial charge in [-0.05, 0) is 25.0 Å². The fourth-order valence-electron chi connectivity index (χ4n) is 2.58. The molecule has 0 bridgehead atoms. The van der Waals surface area contributed by atoms with Crippen molar-refractivity contribution in [2.75, 3.05) is 13.2 Å². The summed E-state index contributed by atoms with van der Waals surface area (Å²) in [5.74, 6) is 0.199. The van der Waals surface area contributed by atoms with Crippen LogP contribution in [0.15, 0.2) is 24.3 Å². The predicted molar refractivity (Wildman–Crippen MR) is 77.0 cm³/mol. The molecule has 1 aliphatic carbocycles. The Morgan fingerprint density at radius 3 is 2.48 bits per heavy atom. The molecule has 3 N–H and O–H groups in total. The van der Waals surface area contributed by atoms with Crippen LogP contribution in [0.3, 0.4) is 0 Å². The van der Waals surface area contributed by atoms with Crippen molar-refractivity contribution in [2.45, 2.75) is 31.2 Å². The van der Waals surface area contributed by atoms with Crippen LogP contribution >= 0.6 is 0 Å². The Balaban J connectivity index is 1.84. The first kappa shape index (κ1) is 15.2. The topological polar surface area (TPSA) is 107 Å². The zero-order valence-corrected chi connectivity index (χ0v) is 11.7. The molecule has 0 saturated heterocycles. The molecule has 0 aliphatic heterocycles. The number of carbonyl (C=O) groups excluding carboxylic acids is 1. The lowest BCUT2D eigenvalue weighted by atomic mass is 9.98. The van der Waals surface area contributed by atoms with Crippen LogP contribution < -0.4 is 15.8 Å². The van der Waals surface area contributed by atoms with E-state index in [1.165, 1.54) is 24.3 Å². The molecule has 1 amide bonds. The zero-order chi connectivity index (χ0) is 15.3. The fraction of sp³-hybridized carbons (Fsp3) is 0.500. The van der Waals surface area contributed by atoms with Gasteiger partial charge in [-0.2, -0.15) is 0 Å². The van der Waals surface area contributed by atoms with E-state index in [2.05, 4.69) is 5.32 Å². The number of nitro benzene ring substituents is 1. The minimum absolute atomic E-state index is 0.0140. The summed E-state index contributed by atoms with van der Waals surface area (Å²) in [7, 11) is 0. The number of ether oxygens (including phenoxy) is 1. The third kappa shape index (κ3) is 3.91. The maximum atomic E-state index is 11.9. The molecular weight excluding hydrogens is 274 g/mol. The molecular formula is C14H19N3O4. The Bertz CT molecular complexity index is 509. The van der Waals surface area contributed by atoms with Gasteiger partial charge in [-0.25, -0.2) is 0 Å². The average molecular weight is 293 g/mol. The highest BCUT2D eigenvalue weighted by Gasteiger charge is 2.33. The van der Waals surface area contributed by atoms with Crippen molar-refractivity contribution in [3.63, 3.8) is 0 Å². The Morgan fingerprint density at radius 1 is 1.33 bits per heavy atom. The number of nitro groups is 1. The van der Waals surface area contributed by atoms with E-state index >= 15 is 0 Å². The summed E-state index contributed by atoms with van der Waals surface area (Å²) in [5.41, 5.74) is 5.44. The molecule has 1 saturated carbocycles. The van der Waals surface area contributed by atoms with Gasteiger partial charge in [0.25, 0.3) is 11.6 Å². The highest BCUT2D eigenvalue weighted by Crippen LogP contribution is 2.28. The summed E-state index contributed by atoms with van der Waals surface area (Å²) in [6.45, 7) is 0.301. The van der Waals surface area contributed by atoms with E-state index in [9.17, 15) is 14.9 Å². The molecule has 7 heteroatoms. The second-order valence-electron chi connectivity index (χ2n) is 5.28. The molecule has 2 rings (SSSR count). The first-order chi connectivity index (χ1) is 10.0. The van der Waals surface area contributed by atoms with Crippen LogP contribution in [0.5, 0.6) is 5.75 Å². The van der Waals surface area contributed by atoms with Crippen molar-refractivity contribution in [1.82, 2.24) is 5.32 Å². The van der Waals surface area contributed by atoms with E-state index in [0.717, 1.165) is 25.7 Å². The van der Waals surface area contributed by atoms with Gasteiger partial charge in [-0.1, -0.05) is 12.8 Å². The van der Waals surface area contributed by atoms with E-state index in [0.29, 0.717) is 12.3 Å². The number of benzene rings is 1. The van der Waals surface area contributed by atoms with E-state index < -0.39 is 4.92 Å². The highest BCUT2D eigenvalue weighted by atomic mass is 16.6. The maximum absolute atomic E-state index is 11.9. The van der Waals surface area contributed by atoms with Crippen LogP contribution in [0.1, 0.15) is 25.7 Å². The summed E-state index contributed by atoms with van der Waals surface area (Å²) in [6, 6.07) is 5.62. The number of nitrogens with one attached hydrogen (secondary N) is 1. The van der Waals surface area contributed by atoms with E-state index in [1.54, 1.807) is 0 Å². The Labute approximate surface area is 122 Å². The summed E-state index contributed by atoms with van der Waals surface area (Å²) in [4.78, 5) is 22.0. The molecule has 1 aliphatic rings. The molecule has 0 unspecified atom stereocenters. The molecule has 1 aromatic rings. The van der Waals surface area contributed by atoms with E-state index in [1.807, 2.05) is 0 Å². The standard InChI is InChI=1S/C14H19N3O4/c15-10-14(7-1-2-8-14)16-13(18)9-21-12-5-3-11(4-6-12)17(19)20/h3-6H,1-2,7-10,15H2,(H,16,18). The normalized spacial score (nSPS) is 16.4. The number of hydrogen-bond donors (Lipinski definition) is 2. The maximum Gasteiger partial charge on any atom is 0.269 e. The van der Waals surface area contributed by atoms with Crippen LogP contribution in [0.4, 0.5) is 5.69 Å². The number of rotatable bonds is 6. The third-order valence-corrected chi connectivity index (χ3v) is 3.77. The monoisotopic (exact) mass is 293 g/mol. The largest absolute Gasteiger partial charge is 0.484 e. The van der Waals surface area contributed by atoms with Crippen molar-refractivity contribution in [3.8, 4) is 5.75 Å². The zero-order valence-electron chi connectivity index (χ0n) is 11.7. The lowest BCUT2D eigenvalue weighted by molar-refractivity contribution is -0.384. The van der Waals surface area contributed by atoms with Crippen LogP contribution in [0.2, 0.25) is 0 Å². The van der Waals surface area contributed by atoms with Crippen LogP contribution in [-0.4, -0.2) is 29.5 Å². The van der Waals surface area contributed by atoms with Crippen molar-refractivity contribution in [2.24, 2.45) is 5.73 Å². The molecule has 114 valence electrons. The van der Waals surface area contributed by atoms with E-state index in [4.69, 9.17) is 10.5 Å². The molecule has 7 nitrogen and oxygen atoms in total.